The van der Waals surface area contributed by atoms with Crippen molar-refractivity contribution in [2.24, 2.45) is 5.84 Å². The summed E-state index contributed by atoms with van der Waals surface area (Å²) < 4.78 is 53.4. The van der Waals surface area contributed by atoms with Gasteiger partial charge in [-0.05, 0) is 60.7 Å². The number of imidazole rings is 1. The third-order valence-corrected chi connectivity index (χ3v) is 5.17. The van der Waals surface area contributed by atoms with Crippen LogP contribution in [0.5, 0.6) is 0 Å². The largest absolute Gasteiger partial charge is 0.416 e. The second-order valence-corrected chi connectivity index (χ2v) is 7.40. The lowest BCUT2D eigenvalue weighted by Gasteiger charge is -2.16. The van der Waals surface area contributed by atoms with Gasteiger partial charge in [0.05, 0.1) is 16.3 Å². The van der Waals surface area contributed by atoms with Crippen LogP contribution in [-0.4, -0.2) is 15.5 Å². The minimum atomic E-state index is -4.51. The summed E-state index contributed by atoms with van der Waals surface area (Å²) >= 11 is 6.32. The van der Waals surface area contributed by atoms with E-state index in [1.165, 1.54) is 30.5 Å². The maximum atomic E-state index is 13.4. The highest BCUT2D eigenvalue weighted by molar-refractivity contribution is 6.33. The summed E-state index contributed by atoms with van der Waals surface area (Å²) in [6, 6.07) is 16.2. The number of alkyl halides is 3. The quantitative estimate of drug-likeness (QED) is 0.152. The van der Waals surface area contributed by atoms with Gasteiger partial charge in [-0.15, -0.1) is 12.4 Å². The summed E-state index contributed by atoms with van der Waals surface area (Å²) in [5.74, 6) is 5.00. The number of carbonyl (C=O) groups excluding carboxylic acids is 1. The van der Waals surface area contributed by atoms with Gasteiger partial charge in [0.15, 0.2) is 0 Å². The van der Waals surface area contributed by atoms with Gasteiger partial charge in [0.1, 0.15) is 17.3 Å². The Labute approximate surface area is 202 Å². The van der Waals surface area contributed by atoms with E-state index in [1.54, 1.807) is 28.8 Å². The molecular weight excluding hydrogens is 495 g/mol. The second-order valence-electron chi connectivity index (χ2n) is 7.00. The van der Waals surface area contributed by atoms with Crippen molar-refractivity contribution < 1.29 is 22.4 Å². The van der Waals surface area contributed by atoms with E-state index in [1.807, 2.05) is 0 Å². The highest BCUT2D eigenvalue weighted by atomic mass is 35.5. The van der Waals surface area contributed by atoms with Gasteiger partial charge in [0, 0.05) is 17.4 Å². The smallest absolute Gasteiger partial charge is 0.299 e. The monoisotopic (exact) mass is 510 g/mol. The molecular formula is C23H16Cl2F4N4O. The van der Waals surface area contributed by atoms with Crippen LogP contribution in [0.25, 0.3) is 17.1 Å². The Morgan fingerprint density at radius 1 is 0.971 bits per heavy atom. The average molecular weight is 511 g/mol. The summed E-state index contributed by atoms with van der Waals surface area (Å²) in [4.78, 5) is 17.4. The summed E-state index contributed by atoms with van der Waals surface area (Å²) in [5, 5.41) is 1.08. The fourth-order valence-electron chi connectivity index (χ4n) is 3.17. The zero-order chi connectivity index (χ0) is 23.8. The number of anilines is 1. The molecule has 0 unspecified atom stereocenters. The molecule has 2 N–H and O–H groups in total. The van der Waals surface area contributed by atoms with Crippen LogP contribution in [0.2, 0.25) is 5.02 Å². The Bertz CT molecular complexity index is 1310. The third-order valence-electron chi connectivity index (χ3n) is 4.84. The van der Waals surface area contributed by atoms with Crippen molar-refractivity contribution in [1.82, 2.24) is 9.55 Å². The number of hydrogen-bond donors (Lipinski definition) is 1. The lowest BCUT2D eigenvalue weighted by molar-refractivity contribution is -0.137. The van der Waals surface area contributed by atoms with Crippen LogP contribution in [0.3, 0.4) is 0 Å². The molecule has 0 aliphatic rings. The summed E-state index contributed by atoms with van der Waals surface area (Å²) in [6.07, 6.45) is -3.11. The van der Waals surface area contributed by atoms with Gasteiger partial charge >= 0.3 is 6.18 Å². The fraction of sp³-hybridized carbons (Fsp3) is 0.0435. The van der Waals surface area contributed by atoms with Crippen LogP contribution in [-0.2, 0) is 6.18 Å². The van der Waals surface area contributed by atoms with Gasteiger partial charge in [0.25, 0.3) is 5.91 Å². The first-order chi connectivity index (χ1) is 15.6. The van der Waals surface area contributed by atoms with Crippen molar-refractivity contribution in [2.75, 3.05) is 5.01 Å². The molecule has 0 bridgehead atoms. The zero-order valence-electron chi connectivity index (χ0n) is 17.1. The molecule has 5 nitrogen and oxygen atoms in total. The van der Waals surface area contributed by atoms with Crippen LogP contribution < -0.4 is 10.9 Å². The lowest BCUT2D eigenvalue weighted by Crippen LogP contribution is -2.37. The van der Waals surface area contributed by atoms with Gasteiger partial charge in [-0.1, -0.05) is 23.7 Å². The Morgan fingerprint density at radius 2 is 1.59 bits per heavy atom. The molecule has 176 valence electrons. The molecule has 1 amide bonds. The Balaban J connectivity index is 0.00000324. The molecule has 0 saturated heterocycles. The number of carbonyl (C=O) groups is 1. The molecule has 4 aromatic rings. The van der Waals surface area contributed by atoms with E-state index in [4.69, 9.17) is 17.4 Å². The predicted octanol–water partition coefficient (Wildman–Crippen LogP) is 6.29. The first-order valence-corrected chi connectivity index (χ1v) is 9.89. The molecule has 0 saturated carbocycles. The lowest BCUT2D eigenvalue weighted by atomic mass is 10.2. The number of benzene rings is 3. The van der Waals surface area contributed by atoms with Crippen molar-refractivity contribution >= 4 is 35.6 Å². The number of hydrogen-bond acceptors (Lipinski definition) is 3. The molecule has 11 heteroatoms. The predicted molar refractivity (Wildman–Crippen MR) is 124 cm³/mol. The second kappa shape index (κ2) is 9.84. The Morgan fingerprint density at radius 3 is 2.18 bits per heavy atom. The zero-order valence-corrected chi connectivity index (χ0v) is 18.7. The van der Waals surface area contributed by atoms with Crippen molar-refractivity contribution in [3.63, 3.8) is 0 Å². The van der Waals surface area contributed by atoms with Crippen LogP contribution in [0.15, 0.2) is 79.0 Å². The molecule has 4 rings (SSSR count). The van der Waals surface area contributed by atoms with E-state index in [2.05, 4.69) is 4.98 Å². The van der Waals surface area contributed by atoms with Crippen molar-refractivity contribution in [3.05, 3.63) is 101 Å². The van der Waals surface area contributed by atoms with Crippen LogP contribution in [0.4, 0.5) is 23.2 Å². The Kier molecular flexibility index (Phi) is 7.30. The Hall–Kier alpha value is -3.40. The van der Waals surface area contributed by atoms with Crippen LogP contribution in [0, 0.1) is 5.82 Å². The van der Waals surface area contributed by atoms with Gasteiger partial charge in [0.2, 0.25) is 0 Å². The average Bonchev–Trinajstić information content (AvgIpc) is 3.23. The van der Waals surface area contributed by atoms with Gasteiger partial charge < -0.3 is 0 Å². The summed E-state index contributed by atoms with van der Waals surface area (Å²) in [6.45, 7) is 0. The molecule has 0 spiro atoms. The maximum absolute atomic E-state index is 13.4. The SMILES string of the molecule is Cl.NN(C(=O)c1cn(-c2ccc(F)cc2)c(-c2ccccc2Cl)n1)c1ccc(C(F)(F)F)cc1. The van der Waals surface area contributed by atoms with E-state index in [0.717, 1.165) is 24.3 Å². The summed E-state index contributed by atoms with van der Waals surface area (Å²) in [7, 11) is 0. The minimum Gasteiger partial charge on any atom is -0.299 e. The third kappa shape index (κ3) is 5.06. The number of hydrazine groups is 1. The van der Waals surface area contributed by atoms with E-state index in [0.29, 0.717) is 27.1 Å². The highest BCUT2D eigenvalue weighted by Gasteiger charge is 2.30. The van der Waals surface area contributed by atoms with Crippen molar-refractivity contribution in [2.45, 2.75) is 6.18 Å². The van der Waals surface area contributed by atoms with Gasteiger partial charge in [-0.3, -0.25) is 9.36 Å². The van der Waals surface area contributed by atoms with E-state index in [-0.39, 0.29) is 23.8 Å². The van der Waals surface area contributed by atoms with Crippen molar-refractivity contribution in [3.8, 4) is 17.1 Å². The highest BCUT2D eigenvalue weighted by Crippen LogP contribution is 2.32. The van der Waals surface area contributed by atoms with Crippen LogP contribution in [0.1, 0.15) is 16.1 Å². The molecule has 0 aliphatic heterocycles. The number of aromatic nitrogens is 2. The summed E-state index contributed by atoms with van der Waals surface area (Å²) in [5.41, 5.74) is 0.116. The number of halogens is 6. The molecule has 1 aromatic heterocycles. The molecule has 0 atom stereocenters. The van der Waals surface area contributed by atoms with E-state index in [9.17, 15) is 22.4 Å². The maximum Gasteiger partial charge on any atom is 0.416 e. The van der Waals surface area contributed by atoms with Gasteiger partial charge in [-0.25, -0.2) is 20.2 Å². The molecule has 0 radical (unpaired) electrons. The standard InChI is InChI=1S/C23H15ClF4N4O.ClH/c24-19-4-2-1-3-18(19)21-30-20(13-31(21)16-11-7-15(25)8-12-16)22(33)32(29)17-9-5-14(6-10-17)23(26,27)28;/h1-13H,29H2;1H. The number of amides is 1. The first kappa shape index (κ1) is 25.2. The topological polar surface area (TPSA) is 64.2 Å². The number of nitrogens with zero attached hydrogens (tertiary/aromatic N) is 3. The number of rotatable bonds is 4. The van der Waals surface area contributed by atoms with E-state index < -0.39 is 23.5 Å². The molecule has 1 heterocycles. The first-order valence-electron chi connectivity index (χ1n) is 9.52. The molecule has 34 heavy (non-hydrogen) atoms. The van der Waals surface area contributed by atoms with E-state index >= 15 is 0 Å². The molecule has 3 aromatic carbocycles. The normalized spacial score (nSPS) is 11.1. The number of nitrogens with two attached hydrogens (primary N) is 1. The van der Waals surface area contributed by atoms with Crippen molar-refractivity contribution in [1.29, 1.82) is 0 Å². The van der Waals surface area contributed by atoms with Crippen LogP contribution >= 0.6 is 24.0 Å². The molecule has 0 fully saturated rings. The molecule has 0 aliphatic carbocycles. The van der Waals surface area contributed by atoms with Gasteiger partial charge in [-0.2, -0.15) is 13.2 Å². The minimum absolute atomic E-state index is 0. The fourth-order valence-corrected chi connectivity index (χ4v) is 3.39.